The molecule has 0 saturated carbocycles. The summed E-state index contributed by atoms with van der Waals surface area (Å²) in [7, 11) is 0. The maximum absolute atomic E-state index is 6.32. The normalized spacial score (nSPS) is 13.9. The van der Waals surface area contributed by atoms with Gasteiger partial charge in [-0.2, -0.15) is 0 Å². The Balaban J connectivity index is 1.24. The van der Waals surface area contributed by atoms with Crippen molar-refractivity contribution < 1.29 is 4.42 Å². The zero-order valence-electron chi connectivity index (χ0n) is 22.8. The predicted molar refractivity (Wildman–Crippen MR) is 173 cm³/mol. The Morgan fingerprint density at radius 1 is 0.357 bits per heavy atom. The van der Waals surface area contributed by atoms with E-state index in [1.165, 1.54) is 66.4 Å². The first kappa shape index (κ1) is 22.3. The van der Waals surface area contributed by atoms with E-state index in [0.29, 0.717) is 0 Å². The number of benzene rings is 7. The molecule has 1 heteroatoms. The van der Waals surface area contributed by atoms with Crippen LogP contribution in [-0.4, -0.2) is 0 Å². The number of furan rings is 1. The smallest absolute Gasteiger partial charge is 0.136 e. The monoisotopic (exact) mass is 532 g/mol. The second kappa shape index (κ2) is 7.87. The van der Waals surface area contributed by atoms with Gasteiger partial charge in [-0.15, -0.1) is 0 Å². The minimum Gasteiger partial charge on any atom is -0.456 e. The van der Waals surface area contributed by atoms with Gasteiger partial charge in [0.2, 0.25) is 0 Å². The van der Waals surface area contributed by atoms with Crippen molar-refractivity contribution in [3.8, 4) is 33.4 Å². The van der Waals surface area contributed by atoms with E-state index >= 15 is 0 Å². The van der Waals surface area contributed by atoms with Crippen LogP contribution in [0.15, 0.2) is 150 Å². The van der Waals surface area contributed by atoms with Crippen LogP contribution in [0.5, 0.6) is 0 Å². The van der Waals surface area contributed by atoms with Gasteiger partial charge in [0.25, 0.3) is 0 Å². The molecule has 0 fully saturated rings. The van der Waals surface area contributed by atoms with E-state index in [2.05, 4.69) is 146 Å². The molecule has 0 unspecified atom stereocenters. The molecule has 1 aromatic heterocycles. The maximum atomic E-state index is 6.32. The third-order valence-corrected chi connectivity index (χ3v) is 9.67. The SMILES string of the molecule is c1ccc2c(c1)-c1ccccc1C21c2ccccc2-c2ccc(-c3ccc4oc5cc6ccccc6cc5c4c3)cc21. The highest BCUT2D eigenvalue weighted by Crippen LogP contribution is 2.63. The third-order valence-electron chi connectivity index (χ3n) is 9.67. The van der Waals surface area contributed by atoms with Crippen LogP contribution >= 0.6 is 0 Å². The molecule has 2 aliphatic rings. The van der Waals surface area contributed by atoms with E-state index in [-0.39, 0.29) is 5.41 Å². The Morgan fingerprint density at radius 2 is 0.857 bits per heavy atom. The van der Waals surface area contributed by atoms with Crippen LogP contribution in [0.4, 0.5) is 0 Å². The van der Waals surface area contributed by atoms with E-state index in [1.807, 2.05) is 0 Å². The van der Waals surface area contributed by atoms with Crippen LogP contribution in [0.3, 0.4) is 0 Å². The molecule has 10 rings (SSSR count). The molecule has 1 spiro atoms. The molecule has 1 heterocycles. The summed E-state index contributed by atoms with van der Waals surface area (Å²) in [5, 5.41) is 4.75. The summed E-state index contributed by atoms with van der Waals surface area (Å²) >= 11 is 0. The average Bonchev–Trinajstić information content (AvgIpc) is 3.66. The summed E-state index contributed by atoms with van der Waals surface area (Å²) in [5.74, 6) is 0. The fourth-order valence-corrected chi connectivity index (χ4v) is 7.92. The summed E-state index contributed by atoms with van der Waals surface area (Å²) in [6.07, 6.45) is 0. The second-order valence-electron chi connectivity index (χ2n) is 11.7. The van der Waals surface area contributed by atoms with E-state index in [1.54, 1.807) is 0 Å². The number of hydrogen-bond donors (Lipinski definition) is 0. The van der Waals surface area contributed by atoms with Gasteiger partial charge in [-0.1, -0.05) is 115 Å². The fraction of sp³-hybridized carbons (Fsp3) is 0.0244. The fourth-order valence-electron chi connectivity index (χ4n) is 7.92. The highest BCUT2D eigenvalue weighted by molar-refractivity contribution is 6.11. The first-order valence-corrected chi connectivity index (χ1v) is 14.6. The largest absolute Gasteiger partial charge is 0.456 e. The summed E-state index contributed by atoms with van der Waals surface area (Å²) in [6.45, 7) is 0. The predicted octanol–water partition coefficient (Wildman–Crippen LogP) is 10.7. The van der Waals surface area contributed by atoms with Crippen LogP contribution in [0.1, 0.15) is 22.3 Å². The average molecular weight is 533 g/mol. The minimum absolute atomic E-state index is 0.333. The van der Waals surface area contributed by atoms with Crippen molar-refractivity contribution in [2.45, 2.75) is 5.41 Å². The molecule has 0 aliphatic heterocycles. The van der Waals surface area contributed by atoms with Gasteiger partial charge < -0.3 is 4.42 Å². The Hall–Kier alpha value is -5.40. The lowest BCUT2D eigenvalue weighted by atomic mass is 9.70. The van der Waals surface area contributed by atoms with Crippen LogP contribution < -0.4 is 0 Å². The van der Waals surface area contributed by atoms with E-state index in [0.717, 1.165) is 21.9 Å². The molecule has 42 heavy (non-hydrogen) atoms. The van der Waals surface area contributed by atoms with Crippen LogP contribution in [-0.2, 0) is 5.41 Å². The highest BCUT2D eigenvalue weighted by atomic mass is 16.3. The summed E-state index contributed by atoms with van der Waals surface area (Å²) in [6, 6.07) is 53.6. The Morgan fingerprint density at radius 3 is 1.52 bits per heavy atom. The molecule has 0 radical (unpaired) electrons. The minimum atomic E-state index is -0.333. The topological polar surface area (TPSA) is 13.1 Å². The van der Waals surface area contributed by atoms with E-state index < -0.39 is 0 Å². The number of fused-ring (bicyclic) bond motifs is 14. The molecule has 0 amide bonds. The molecule has 0 bridgehead atoms. The Bertz CT molecular complexity index is 2360. The molecule has 194 valence electrons. The van der Waals surface area contributed by atoms with Crippen molar-refractivity contribution in [3.63, 3.8) is 0 Å². The van der Waals surface area contributed by atoms with Crippen molar-refractivity contribution in [2.24, 2.45) is 0 Å². The maximum Gasteiger partial charge on any atom is 0.136 e. The lowest BCUT2D eigenvalue weighted by Gasteiger charge is -2.30. The zero-order chi connectivity index (χ0) is 27.4. The molecule has 1 nitrogen and oxygen atoms in total. The van der Waals surface area contributed by atoms with Gasteiger partial charge in [0.15, 0.2) is 0 Å². The summed E-state index contributed by atoms with van der Waals surface area (Å²) in [4.78, 5) is 0. The van der Waals surface area contributed by atoms with Crippen molar-refractivity contribution in [2.75, 3.05) is 0 Å². The van der Waals surface area contributed by atoms with E-state index in [9.17, 15) is 0 Å². The molecule has 0 N–H and O–H groups in total. The number of hydrogen-bond acceptors (Lipinski definition) is 1. The van der Waals surface area contributed by atoms with Crippen molar-refractivity contribution >= 4 is 32.7 Å². The lowest BCUT2D eigenvalue weighted by molar-refractivity contribution is 0.669. The number of rotatable bonds is 1. The van der Waals surface area contributed by atoms with Gasteiger partial charge in [-0.25, -0.2) is 0 Å². The second-order valence-corrected chi connectivity index (χ2v) is 11.7. The van der Waals surface area contributed by atoms with Crippen molar-refractivity contribution in [1.29, 1.82) is 0 Å². The first-order valence-electron chi connectivity index (χ1n) is 14.6. The van der Waals surface area contributed by atoms with Crippen LogP contribution in [0, 0.1) is 0 Å². The quantitative estimate of drug-likeness (QED) is 0.205. The van der Waals surface area contributed by atoms with Crippen molar-refractivity contribution in [1.82, 2.24) is 0 Å². The molecular formula is C41H24O. The summed E-state index contributed by atoms with van der Waals surface area (Å²) < 4.78 is 6.32. The molecule has 8 aromatic rings. The standard InChI is InChI=1S/C41H24O/c1-2-10-26-24-40-34(21-25(26)9-1)33-22-27(18-20-39(33)42-40)28-17-19-32-31-13-5-8-16-37(31)41(38(32)23-28)35-14-6-3-11-29(35)30-12-4-7-15-36(30)41/h1-24H. The molecule has 2 aliphatic carbocycles. The third kappa shape index (κ3) is 2.69. The van der Waals surface area contributed by atoms with Gasteiger partial charge in [-0.3, -0.25) is 0 Å². The zero-order valence-corrected chi connectivity index (χ0v) is 22.8. The van der Waals surface area contributed by atoms with Gasteiger partial charge in [-0.05, 0) is 96.7 Å². The van der Waals surface area contributed by atoms with Gasteiger partial charge in [0.1, 0.15) is 11.2 Å². The summed E-state index contributed by atoms with van der Waals surface area (Å²) in [5.41, 5.74) is 14.7. The highest BCUT2D eigenvalue weighted by Gasteiger charge is 2.51. The molecular weight excluding hydrogens is 508 g/mol. The molecule has 7 aromatic carbocycles. The molecule has 0 saturated heterocycles. The van der Waals surface area contributed by atoms with Crippen LogP contribution in [0.25, 0.3) is 66.1 Å². The Labute approximate surface area is 243 Å². The van der Waals surface area contributed by atoms with Gasteiger partial charge in [0.05, 0.1) is 5.41 Å². The molecule has 0 atom stereocenters. The van der Waals surface area contributed by atoms with E-state index in [4.69, 9.17) is 4.42 Å². The first-order chi connectivity index (χ1) is 20.8. The Kier molecular flexibility index (Phi) is 4.18. The van der Waals surface area contributed by atoms with Gasteiger partial charge in [0, 0.05) is 10.8 Å². The lowest BCUT2D eigenvalue weighted by Crippen LogP contribution is -2.25. The van der Waals surface area contributed by atoms with Crippen LogP contribution in [0.2, 0.25) is 0 Å². The van der Waals surface area contributed by atoms with Crippen molar-refractivity contribution in [3.05, 3.63) is 168 Å². The van der Waals surface area contributed by atoms with Gasteiger partial charge >= 0.3 is 0 Å².